The topological polar surface area (TPSA) is 32.9 Å². The molecule has 0 fully saturated rings. The Kier molecular flexibility index (Phi) is 1.39. The van der Waals surface area contributed by atoms with Crippen LogP contribution in [0, 0.1) is 19.9 Å². The number of pyridine rings is 1. The predicted octanol–water partition coefficient (Wildman–Crippen LogP) is 0.792. The van der Waals surface area contributed by atoms with Crippen LogP contribution in [0.5, 0.6) is 0 Å². The van der Waals surface area contributed by atoms with Gasteiger partial charge in [0.05, 0.1) is 0 Å². The molecular weight excluding hydrogens is 114 g/mol. The van der Waals surface area contributed by atoms with Gasteiger partial charge in [-0.05, 0) is 19.4 Å². The Morgan fingerprint density at radius 1 is 1.56 bits per heavy atom. The summed E-state index contributed by atoms with van der Waals surface area (Å²) in [5.74, 6) is 0. The molecule has 0 unspecified atom stereocenters. The van der Waals surface area contributed by atoms with Crippen LogP contribution in [0.25, 0.3) is 0 Å². The third-order valence-electron chi connectivity index (χ3n) is 1.04. The second-order valence-electron chi connectivity index (χ2n) is 2.07. The summed E-state index contributed by atoms with van der Waals surface area (Å²) in [6.45, 7) is 3.66. The van der Waals surface area contributed by atoms with Gasteiger partial charge in [0, 0.05) is 17.8 Å². The summed E-state index contributed by atoms with van der Waals surface area (Å²) in [5.41, 5.74) is 1.63. The van der Waals surface area contributed by atoms with E-state index >= 15 is 0 Å². The van der Waals surface area contributed by atoms with Crippen molar-refractivity contribution in [3.05, 3.63) is 33.7 Å². The van der Waals surface area contributed by atoms with Gasteiger partial charge in [-0.1, -0.05) is 0 Å². The van der Waals surface area contributed by atoms with E-state index in [0.29, 0.717) is 0 Å². The summed E-state index contributed by atoms with van der Waals surface area (Å²) in [5, 5.41) is 0. The van der Waals surface area contributed by atoms with E-state index in [9.17, 15) is 4.79 Å². The van der Waals surface area contributed by atoms with Crippen molar-refractivity contribution in [2.24, 2.45) is 0 Å². The average molecular weight is 122 g/mol. The lowest BCUT2D eigenvalue weighted by molar-refractivity contribution is 1.12. The molecule has 1 aromatic heterocycles. The highest BCUT2D eigenvalue weighted by Gasteiger charge is 1.87. The van der Waals surface area contributed by atoms with E-state index in [1.807, 2.05) is 13.8 Å². The van der Waals surface area contributed by atoms with Crippen molar-refractivity contribution >= 4 is 0 Å². The zero-order chi connectivity index (χ0) is 6.85. The summed E-state index contributed by atoms with van der Waals surface area (Å²) in [4.78, 5) is 13.2. The molecule has 47 valence electrons. The first kappa shape index (κ1) is 6.08. The van der Waals surface area contributed by atoms with Crippen LogP contribution in [-0.4, -0.2) is 4.98 Å². The predicted molar refractivity (Wildman–Crippen MR) is 35.4 cm³/mol. The third-order valence-corrected chi connectivity index (χ3v) is 1.04. The second kappa shape index (κ2) is 2.05. The first-order valence-corrected chi connectivity index (χ1v) is 2.78. The molecule has 1 heterocycles. The number of hydrogen-bond donors (Lipinski definition) is 1. The van der Waals surface area contributed by atoms with Gasteiger partial charge in [0.1, 0.15) is 0 Å². The van der Waals surface area contributed by atoms with E-state index in [1.54, 1.807) is 0 Å². The summed E-state index contributed by atoms with van der Waals surface area (Å²) in [6.07, 6.45) is 0. The fraction of sp³-hybridized carbons (Fsp3) is 0.286. The number of aromatic nitrogens is 1. The fourth-order valence-electron chi connectivity index (χ4n) is 0.781. The summed E-state index contributed by atoms with van der Waals surface area (Å²) < 4.78 is 0. The van der Waals surface area contributed by atoms with Crippen molar-refractivity contribution in [3.8, 4) is 0 Å². The van der Waals surface area contributed by atoms with Gasteiger partial charge >= 0.3 is 0 Å². The van der Waals surface area contributed by atoms with Crippen LogP contribution >= 0.6 is 0 Å². The lowest BCUT2D eigenvalue weighted by Gasteiger charge is -1.90. The Labute approximate surface area is 53.5 Å². The summed E-state index contributed by atoms with van der Waals surface area (Å²) >= 11 is 0. The standard InChI is InChI=1S/C7H8NO/c1-5-3-6(2)8-7(9)4-5/h4H,1-2H3,(H,8,9). The maximum atomic E-state index is 10.6. The molecule has 9 heavy (non-hydrogen) atoms. The number of aromatic amines is 1. The molecule has 0 aromatic carbocycles. The lowest BCUT2D eigenvalue weighted by atomic mass is 10.2. The molecule has 2 heteroatoms. The van der Waals surface area contributed by atoms with Crippen molar-refractivity contribution in [2.75, 3.05) is 0 Å². The van der Waals surface area contributed by atoms with Crippen LogP contribution < -0.4 is 5.56 Å². The van der Waals surface area contributed by atoms with Crippen LogP contribution in [-0.2, 0) is 0 Å². The first-order valence-electron chi connectivity index (χ1n) is 2.78. The molecule has 2 nitrogen and oxygen atoms in total. The molecular formula is C7H8NO. The Hall–Kier alpha value is -1.05. The molecule has 1 radical (unpaired) electrons. The van der Waals surface area contributed by atoms with E-state index < -0.39 is 0 Å². The molecule has 0 aliphatic rings. The second-order valence-corrected chi connectivity index (χ2v) is 2.07. The number of rotatable bonds is 0. The van der Waals surface area contributed by atoms with E-state index in [0.717, 1.165) is 11.3 Å². The Morgan fingerprint density at radius 2 is 2.22 bits per heavy atom. The molecule has 0 saturated carbocycles. The van der Waals surface area contributed by atoms with Crippen molar-refractivity contribution in [1.82, 2.24) is 4.98 Å². The van der Waals surface area contributed by atoms with Crippen molar-refractivity contribution in [2.45, 2.75) is 13.8 Å². The average Bonchev–Trinajstić information content (AvgIpc) is 1.59. The number of aryl methyl sites for hydroxylation is 2. The van der Waals surface area contributed by atoms with Gasteiger partial charge < -0.3 is 4.98 Å². The fourth-order valence-corrected chi connectivity index (χ4v) is 0.781. The molecule has 0 aliphatic heterocycles. The molecule has 1 N–H and O–H groups in total. The summed E-state index contributed by atoms with van der Waals surface area (Å²) in [7, 11) is 0. The van der Waals surface area contributed by atoms with E-state index in [-0.39, 0.29) is 5.56 Å². The van der Waals surface area contributed by atoms with Crippen LogP contribution in [0.2, 0.25) is 0 Å². The van der Waals surface area contributed by atoms with Crippen LogP contribution in [0.15, 0.2) is 10.9 Å². The number of hydrogen-bond acceptors (Lipinski definition) is 1. The van der Waals surface area contributed by atoms with Gasteiger partial charge in [-0.2, -0.15) is 0 Å². The largest absolute Gasteiger partial charge is 0.326 e. The molecule has 0 amide bonds. The Balaban J connectivity index is 3.33. The molecule has 0 spiro atoms. The van der Waals surface area contributed by atoms with E-state index in [4.69, 9.17) is 0 Å². The monoisotopic (exact) mass is 122 g/mol. The van der Waals surface area contributed by atoms with Crippen LogP contribution in [0.4, 0.5) is 0 Å². The lowest BCUT2D eigenvalue weighted by Crippen LogP contribution is -2.05. The van der Waals surface area contributed by atoms with Gasteiger partial charge in [0.15, 0.2) is 0 Å². The van der Waals surface area contributed by atoms with Crippen molar-refractivity contribution < 1.29 is 0 Å². The van der Waals surface area contributed by atoms with Gasteiger partial charge in [0.2, 0.25) is 5.56 Å². The minimum Gasteiger partial charge on any atom is -0.326 e. The number of H-pyrrole nitrogens is 1. The molecule has 0 aliphatic carbocycles. The highest BCUT2D eigenvalue weighted by atomic mass is 16.1. The highest BCUT2D eigenvalue weighted by molar-refractivity contribution is 5.10. The van der Waals surface area contributed by atoms with Crippen LogP contribution in [0.3, 0.4) is 0 Å². The van der Waals surface area contributed by atoms with Gasteiger partial charge in [-0.15, -0.1) is 0 Å². The van der Waals surface area contributed by atoms with Crippen molar-refractivity contribution in [3.63, 3.8) is 0 Å². The van der Waals surface area contributed by atoms with Gasteiger partial charge in [-0.25, -0.2) is 0 Å². The Morgan fingerprint density at radius 3 is 2.67 bits per heavy atom. The first-order chi connectivity index (χ1) is 4.18. The molecule has 1 aromatic rings. The smallest absolute Gasteiger partial charge is 0.248 e. The third kappa shape index (κ3) is 1.42. The minimum atomic E-state index is -0.0521. The van der Waals surface area contributed by atoms with E-state index in [2.05, 4.69) is 11.1 Å². The summed E-state index contributed by atoms with van der Waals surface area (Å²) in [6, 6.07) is 4.48. The van der Waals surface area contributed by atoms with Crippen molar-refractivity contribution in [1.29, 1.82) is 0 Å². The van der Waals surface area contributed by atoms with E-state index in [1.165, 1.54) is 6.07 Å². The van der Waals surface area contributed by atoms with Gasteiger partial charge in [-0.3, -0.25) is 4.79 Å². The highest BCUT2D eigenvalue weighted by Crippen LogP contribution is 1.90. The SMILES string of the molecule is Cc1[c]c(C)[nH]c(=O)c1. The zero-order valence-electron chi connectivity index (χ0n) is 5.49. The number of nitrogens with one attached hydrogen (secondary N) is 1. The molecule has 0 bridgehead atoms. The van der Waals surface area contributed by atoms with Gasteiger partial charge in [0.25, 0.3) is 0 Å². The maximum Gasteiger partial charge on any atom is 0.248 e. The van der Waals surface area contributed by atoms with Crippen LogP contribution in [0.1, 0.15) is 11.3 Å². The molecule has 0 saturated heterocycles. The normalized spacial score (nSPS) is 9.56. The Bertz CT molecular complexity index is 239. The molecule has 1 rings (SSSR count). The zero-order valence-corrected chi connectivity index (χ0v) is 5.49. The molecule has 0 atom stereocenters. The quantitative estimate of drug-likeness (QED) is 0.542. The minimum absolute atomic E-state index is 0.0521. The maximum absolute atomic E-state index is 10.6.